The highest BCUT2D eigenvalue weighted by Gasteiger charge is 2.34. The molecule has 2 atom stereocenters. The summed E-state index contributed by atoms with van der Waals surface area (Å²) in [7, 11) is 0. The van der Waals surface area contributed by atoms with Gasteiger partial charge in [0.25, 0.3) is 5.91 Å². The lowest BCUT2D eigenvalue weighted by Crippen LogP contribution is -2.26. The molecule has 2 unspecified atom stereocenters. The SMILES string of the molecule is CC1CC1NC(=O)c1cc(O)ccc1O. The van der Waals surface area contributed by atoms with Crippen LogP contribution in [-0.2, 0) is 0 Å². The summed E-state index contributed by atoms with van der Waals surface area (Å²) in [5.74, 6) is 0.0338. The predicted octanol–water partition coefficient (Wildman–Crippen LogP) is 1.24. The molecule has 0 aromatic heterocycles. The van der Waals surface area contributed by atoms with Crippen molar-refractivity contribution in [1.82, 2.24) is 5.32 Å². The summed E-state index contributed by atoms with van der Waals surface area (Å²) >= 11 is 0. The molecule has 1 saturated carbocycles. The van der Waals surface area contributed by atoms with Crippen LogP contribution in [0, 0.1) is 5.92 Å². The summed E-state index contributed by atoms with van der Waals surface area (Å²) in [6.07, 6.45) is 0.977. The van der Waals surface area contributed by atoms with Gasteiger partial charge in [-0.3, -0.25) is 4.79 Å². The van der Waals surface area contributed by atoms with Crippen LogP contribution < -0.4 is 5.32 Å². The number of aromatic hydroxyl groups is 2. The third-order valence-corrected chi connectivity index (χ3v) is 2.65. The largest absolute Gasteiger partial charge is 0.508 e. The van der Waals surface area contributed by atoms with Crippen LogP contribution in [0.2, 0.25) is 0 Å². The fourth-order valence-electron chi connectivity index (χ4n) is 1.48. The number of hydrogen-bond donors (Lipinski definition) is 3. The number of hydrogen-bond acceptors (Lipinski definition) is 3. The van der Waals surface area contributed by atoms with E-state index in [0.717, 1.165) is 6.42 Å². The van der Waals surface area contributed by atoms with E-state index < -0.39 is 0 Å². The molecule has 4 heteroatoms. The third kappa shape index (κ3) is 2.03. The lowest BCUT2D eigenvalue weighted by molar-refractivity contribution is 0.0946. The first-order valence-corrected chi connectivity index (χ1v) is 4.91. The van der Waals surface area contributed by atoms with Gasteiger partial charge in [-0.05, 0) is 30.5 Å². The van der Waals surface area contributed by atoms with Gasteiger partial charge in [-0.1, -0.05) is 6.92 Å². The summed E-state index contributed by atoms with van der Waals surface area (Å²) in [5, 5.41) is 21.4. The molecule has 0 bridgehead atoms. The molecule has 1 aromatic carbocycles. The molecule has 0 aliphatic heterocycles. The van der Waals surface area contributed by atoms with Crippen molar-refractivity contribution in [1.29, 1.82) is 0 Å². The lowest BCUT2D eigenvalue weighted by Gasteiger charge is -2.06. The van der Waals surface area contributed by atoms with Crippen LogP contribution in [0.25, 0.3) is 0 Å². The molecular weight excluding hydrogens is 194 g/mol. The van der Waals surface area contributed by atoms with E-state index in [9.17, 15) is 15.0 Å². The number of nitrogens with one attached hydrogen (secondary N) is 1. The number of benzene rings is 1. The molecule has 0 saturated heterocycles. The van der Waals surface area contributed by atoms with Gasteiger partial charge in [0.05, 0.1) is 5.56 Å². The zero-order chi connectivity index (χ0) is 11.0. The molecule has 2 rings (SSSR count). The van der Waals surface area contributed by atoms with Gasteiger partial charge in [-0.25, -0.2) is 0 Å². The van der Waals surface area contributed by atoms with Crippen molar-refractivity contribution in [2.45, 2.75) is 19.4 Å². The quantitative estimate of drug-likeness (QED) is 0.639. The Balaban J connectivity index is 2.14. The van der Waals surface area contributed by atoms with Crippen LogP contribution in [0.4, 0.5) is 0 Å². The molecular formula is C11H13NO3. The summed E-state index contributed by atoms with van der Waals surface area (Å²) in [6, 6.07) is 4.11. The summed E-state index contributed by atoms with van der Waals surface area (Å²) < 4.78 is 0. The number of amides is 1. The van der Waals surface area contributed by atoms with Crippen molar-refractivity contribution in [3.63, 3.8) is 0 Å². The second-order valence-corrected chi connectivity index (χ2v) is 3.99. The number of phenolic OH excluding ortho intramolecular Hbond substituents is 2. The molecule has 4 nitrogen and oxygen atoms in total. The predicted molar refractivity (Wildman–Crippen MR) is 54.8 cm³/mol. The molecule has 15 heavy (non-hydrogen) atoms. The van der Waals surface area contributed by atoms with E-state index in [4.69, 9.17) is 0 Å². The second-order valence-electron chi connectivity index (χ2n) is 3.99. The van der Waals surface area contributed by atoms with E-state index in [1.54, 1.807) is 0 Å². The van der Waals surface area contributed by atoms with E-state index in [1.807, 2.05) is 6.92 Å². The van der Waals surface area contributed by atoms with Crippen molar-refractivity contribution < 1.29 is 15.0 Å². The Morgan fingerprint density at radius 3 is 2.73 bits per heavy atom. The van der Waals surface area contributed by atoms with Gasteiger partial charge in [-0.2, -0.15) is 0 Å². The maximum absolute atomic E-state index is 11.6. The van der Waals surface area contributed by atoms with Crippen molar-refractivity contribution >= 4 is 5.91 Å². The van der Waals surface area contributed by atoms with Crippen LogP contribution in [0.5, 0.6) is 11.5 Å². The Hall–Kier alpha value is -1.71. The summed E-state index contributed by atoms with van der Waals surface area (Å²) in [4.78, 5) is 11.6. The van der Waals surface area contributed by atoms with Crippen molar-refractivity contribution in [2.75, 3.05) is 0 Å². The van der Waals surface area contributed by atoms with Crippen LogP contribution >= 0.6 is 0 Å². The van der Waals surface area contributed by atoms with Gasteiger partial charge in [-0.15, -0.1) is 0 Å². The molecule has 1 fully saturated rings. The number of rotatable bonds is 2. The third-order valence-electron chi connectivity index (χ3n) is 2.65. The van der Waals surface area contributed by atoms with E-state index >= 15 is 0 Å². The molecule has 0 heterocycles. The monoisotopic (exact) mass is 207 g/mol. The van der Waals surface area contributed by atoms with E-state index in [1.165, 1.54) is 18.2 Å². The molecule has 3 N–H and O–H groups in total. The maximum atomic E-state index is 11.6. The highest BCUT2D eigenvalue weighted by molar-refractivity contribution is 5.97. The standard InChI is InChI=1S/C11H13NO3/c1-6-4-9(6)12-11(15)8-5-7(13)2-3-10(8)14/h2-3,5-6,9,13-14H,4H2,1H3,(H,12,15). The Bertz CT molecular complexity index is 403. The Labute approximate surface area is 87.6 Å². The van der Waals surface area contributed by atoms with Crippen LogP contribution in [-0.4, -0.2) is 22.2 Å². The molecule has 1 aliphatic rings. The molecule has 1 amide bonds. The fourth-order valence-corrected chi connectivity index (χ4v) is 1.48. The summed E-state index contributed by atoms with van der Waals surface area (Å²) in [5.41, 5.74) is 0.120. The van der Waals surface area contributed by atoms with Crippen molar-refractivity contribution in [2.24, 2.45) is 5.92 Å². The van der Waals surface area contributed by atoms with Gasteiger partial charge in [0.2, 0.25) is 0 Å². The first-order chi connectivity index (χ1) is 7.08. The van der Waals surface area contributed by atoms with Crippen LogP contribution in [0.3, 0.4) is 0 Å². The minimum atomic E-state index is -0.335. The molecule has 1 aliphatic carbocycles. The zero-order valence-electron chi connectivity index (χ0n) is 8.40. The minimum absolute atomic E-state index is 0.0261. The van der Waals surface area contributed by atoms with Gasteiger partial charge >= 0.3 is 0 Å². The zero-order valence-corrected chi connectivity index (χ0v) is 8.40. The van der Waals surface area contributed by atoms with E-state index in [2.05, 4.69) is 5.32 Å². The molecule has 0 radical (unpaired) electrons. The highest BCUT2D eigenvalue weighted by Crippen LogP contribution is 2.30. The number of phenols is 2. The fraction of sp³-hybridized carbons (Fsp3) is 0.364. The first kappa shape index (κ1) is 9.83. The summed E-state index contributed by atoms with van der Waals surface area (Å²) in [6.45, 7) is 2.05. The smallest absolute Gasteiger partial charge is 0.255 e. The Morgan fingerprint density at radius 1 is 1.47 bits per heavy atom. The average Bonchev–Trinajstić information content (AvgIpc) is 2.86. The van der Waals surface area contributed by atoms with E-state index in [-0.39, 0.29) is 29.0 Å². The van der Waals surface area contributed by atoms with Gasteiger partial charge < -0.3 is 15.5 Å². The van der Waals surface area contributed by atoms with Gasteiger partial charge in [0.15, 0.2) is 0 Å². The van der Waals surface area contributed by atoms with Crippen LogP contribution in [0.1, 0.15) is 23.7 Å². The molecule has 80 valence electrons. The number of carbonyl (C=O) groups is 1. The molecule has 1 aromatic rings. The normalized spacial score (nSPS) is 23.5. The van der Waals surface area contributed by atoms with Crippen molar-refractivity contribution in [3.8, 4) is 11.5 Å². The average molecular weight is 207 g/mol. The first-order valence-electron chi connectivity index (χ1n) is 4.91. The van der Waals surface area contributed by atoms with Crippen LogP contribution in [0.15, 0.2) is 18.2 Å². The highest BCUT2D eigenvalue weighted by atomic mass is 16.3. The minimum Gasteiger partial charge on any atom is -0.508 e. The lowest BCUT2D eigenvalue weighted by atomic mass is 10.1. The van der Waals surface area contributed by atoms with Gasteiger partial charge in [0.1, 0.15) is 11.5 Å². The maximum Gasteiger partial charge on any atom is 0.255 e. The van der Waals surface area contributed by atoms with Crippen molar-refractivity contribution in [3.05, 3.63) is 23.8 Å². The second kappa shape index (κ2) is 3.46. The number of carbonyl (C=O) groups excluding carboxylic acids is 1. The van der Waals surface area contributed by atoms with E-state index in [0.29, 0.717) is 5.92 Å². The Morgan fingerprint density at radius 2 is 2.13 bits per heavy atom. The Kier molecular flexibility index (Phi) is 2.26. The molecule has 0 spiro atoms. The van der Waals surface area contributed by atoms with Gasteiger partial charge in [0, 0.05) is 6.04 Å². The topological polar surface area (TPSA) is 69.6 Å².